The van der Waals surface area contributed by atoms with Gasteiger partial charge in [-0.15, -0.1) is 0 Å². The summed E-state index contributed by atoms with van der Waals surface area (Å²) in [7, 11) is 0. The average molecular weight is 405 g/mol. The zero-order chi connectivity index (χ0) is 19.8. The number of aryl methyl sites for hydroxylation is 1. The predicted molar refractivity (Wildman–Crippen MR) is 118 cm³/mol. The number of benzene rings is 1. The maximum Gasteiger partial charge on any atom is 0.220 e. The van der Waals surface area contributed by atoms with Crippen molar-refractivity contribution in [2.45, 2.75) is 77.2 Å². The van der Waals surface area contributed by atoms with Crippen LogP contribution in [0.3, 0.4) is 0 Å². The van der Waals surface area contributed by atoms with Crippen LogP contribution in [0, 0.1) is 11.8 Å². The second-order valence-corrected chi connectivity index (χ2v) is 9.34. The number of hydrogen-bond donors (Lipinski definition) is 1. The maximum absolute atomic E-state index is 12.6. The van der Waals surface area contributed by atoms with Gasteiger partial charge in [0.15, 0.2) is 0 Å². The fraction of sp³-hybridized carbons (Fsp3) is 0.708. The van der Waals surface area contributed by atoms with Crippen LogP contribution in [0.1, 0.15) is 70.3 Å². The fourth-order valence-corrected chi connectivity index (χ4v) is 5.22. The van der Waals surface area contributed by atoms with Gasteiger partial charge < -0.3 is 10.2 Å². The van der Waals surface area contributed by atoms with Crippen molar-refractivity contribution >= 4 is 17.5 Å². The number of carbonyl (C=O) groups is 1. The van der Waals surface area contributed by atoms with Gasteiger partial charge in [-0.05, 0) is 74.6 Å². The molecule has 1 aliphatic carbocycles. The molecule has 1 amide bonds. The first-order valence-corrected chi connectivity index (χ1v) is 11.8. The molecule has 1 unspecified atom stereocenters. The van der Waals surface area contributed by atoms with Crippen molar-refractivity contribution in [3.63, 3.8) is 0 Å². The largest absolute Gasteiger partial charge is 0.353 e. The van der Waals surface area contributed by atoms with Gasteiger partial charge in [-0.3, -0.25) is 4.79 Å². The second kappa shape index (κ2) is 11.2. The highest BCUT2D eigenvalue weighted by Crippen LogP contribution is 2.28. The molecule has 3 atom stereocenters. The Kier molecular flexibility index (Phi) is 8.66. The number of nitrogens with zero attached hydrogens (tertiary/aromatic N) is 1. The Balaban J connectivity index is 1.47. The molecule has 2 aliphatic rings. The standard InChI is InChI=1S/C24H37ClN2O/c1-2-6-20-7-5-16-27(17-20)18-21-8-3-4-9-23(21)26-24(28)15-12-19-10-13-22(25)14-11-19/h10-11,13-14,20-21,23H,2-9,12,15-18H2,1H3,(H,26,28)/t20?,21-,23+/m0/s1. The third kappa shape index (κ3) is 6.77. The fourth-order valence-electron chi connectivity index (χ4n) is 5.10. The van der Waals surface area contributed by atoms with E-state index in [2.05, 4.69) is 17.1 Å². The van der Waals surface area contributed by atoms with E-state index in [1.807, 2.05) is 24.3 Å². The molecular weight excluding hydrogens is 368 g/mol. The van der Waals surface area contributed by atoms with Crippen LogP contribution in [0.2, 0.25) is 5.02 Å². The van der Waals surface area contributed by atoms with E-state index in [0.29, 0.717) is 18.4 Å². The van der Waals surface area contributed by atoms with Crippen LogP contribution < -0.4 is 5.32 Å². The van der Waals surface area contributed by atoms with Crippen molar-refractivity contribution in [2.24, 2.45) is 11.8 Å². The highest BCUT2D eigenvalue weighted by Gasteiger charge is 2.29. The summed E-state index contributed by atoms with van der Waals surface area (Å²) in [5, 5.41) is 4.13. The number of rotatable bonds is 8. The molecule has 156 valence electrons. The van der Waals surface area contributed by atoms with Crippen molar-refractivity contribution in [1.82, 2.24) is 10.2 Å². The van der Waals surface area contributed by atoms with Gasteiger partial charge in [0.25, 0.3) is 0 Å². The highest BCUT2D eigenvalue weighted by atomic mass is 35.5. The minimum absolute atomic E-state index is 0.203. The van der Waals surface area contributed by atoms with Crippen molar-refractivity contribution < 1.29 is 4.79 Å². The lowest BCUT2D eigenvalue weighted by molar-refractivity contribution is -0.122. The molecule has 1 heterocycles. The van der Waals surface area contributed by atoms with Gasteiger partial charge in [-0.2, -0.15) is 0 Å². The third-order valence-corrected chi connectivity index (χ3v) is 6.85. The average Bonchev–Trinajstić information content (AvgIpc) is 2.70. The van der Waals surface area contributed by atoms with Crippen molar-refractivity contribution in [3.8, 4) is 0 Å². The van der Waals surface area contributed by atoms with E-state index < -0.39 is 0 Å². The lowest BCUT2D eigenvalue weighted by atomic mass is 9.83. The molecule has 0 spiro atoms. The van der Waals surface area contributed by atoms with E-state index in [4.69, 9.17) is 11.6 Å². The Hall–Kier alpha value is -1.06. The van der Waals surface area contributed by atoms with E-state index >= 15 is 0 Å². The number of carbonyl (C=O) groups excluding carboxylic acids is 1. The topological polar surface area (TPSA) is 32.3 Å². The van der Waals surface area contributed by atoms with Crippen LogP contribution in [0.25, 0.3) is 0 Å². The van der Waals surface area contributed by atoms with Crippen LogP contribution in [-0.2, 0) is 11.2 Å². The van der Waals surface area contributed by atoms with Gasteiger partial charge in [0, 0.05) is 30.6 Å². The molecule has 3 rings (SSSR count). The number of hydrogen-bond acceptors (Lipinski definition) is 2. The highest BCUT2D eigenvalue weighted by molar-refractivity contribution is 6.30. The Morgan fingerprint density at radius 2 is 1.93 bits per heavy atom. The molecule has 0 aromatic heterocycles. The predicted octanol–water partition coefficient (Wildman–Crippen LogP) is 5.46. The summed E-state index contributed by atoms with van der Waals surface area (Å²) in [4.78, 5) is 15.3. The number of nitrogens with one attached hydrogen (secondary N) is 1. The number of halogens is 1. The second-order valence-electron chi connectivity index (χ2n) is 8.90. The van der Waals surface area contributed by atoms with E-state index in [-0.39, 0.29) is 5.91 Å². The van der Waals surface area contributed by atoms with Crippen LogP contribution in [0.5, 0.6) is 0 Å². The van der Waals surface area contributed by atoms with Gasteiger partial charge in [-0.1, -0.05) is 49.9 Å². The summed E-state index contributed by atoms with van der Waals surface area (Å²) in [5.41, 5.74) is 1.18. The first-order chi connectivity index (χ1) is 13.6. The van der Waals surface area contributed by atoms with Gasteiger partial charge in [0.05, 0.1) is 0 Å². The number of piperidine rings is 1. The number of likely N-dealkylation sites (tertiary alicyclic amines) is 1. The lowest BCUT2D eigenvalue weighted by Crippen LogP contribution is -2.48. The van der Waals surface area contributed by atoms with Gasteiger partial charge in [0.1, 0.15) is 0 Å². The summed E-state index contributed by atoms with van der Waals surface area (Å²) >= 11 is 5.94. The Labute approximate surface area is 176 Å². The molecule has 1 N–H and O–H groups in total. The first-order valence-electron chi connectivity index (χ1n) is 11.4. The SMILES string of the molecule is CCCC1CCCN(C[C@@H]2CCCC[C@H]2NC(=O)CCc2ccc(Cl)cc2)C1. The molecule has 0 bridgehead atoms. The first kappa shape index (κ1) is 21.6. The summed E-state index contributed by atoms with van der Waals surface area (Å²) < 4.78 is 0. The monoisotopic (exact) mass is 404 g/mol. The zero-order valence-electron chi connectivity index (χ0n) is 17.5. The van der Waals surface area contributed by atoms with Crippen LogP contribution in [0.15, 0.2) is 24.3 Å². The van der Waals surface area contributed by atoms with Gasteiger partial charge in [-0.25, -0.2) is 0 Å². The molecular formula is C24H37ClN2O. The molecule has 1 aliphatic heterocycles. The molecule has 4 heteroatoms. The molecule has 2 fully saturated rings. The normalized spacial score (nSPS) is 26.1. The lowest BCUT2D eigenvalue weighted by Gasteiger charge is -2.39. The van der Waals surface area contributed by atoms with Crippen LogP contribution >= 0.6 is 11.6 Å². The van der Waals surface area contributed by atoms with E-state index in [9.17, 15) is 4.79 Å². The Morgan fingerprint density at radius 3 is 2.71 bits per heavy atom. The molecule has 1 saturated heterocycles. The van der Waals surface area contributed by atoms with Crippen molar-refractivity contribution in [1.29, 1.82) is 0 Å². The minimum Gasteiger partial charge on any atom is -0.353 e. The van der Waals surface area contributed by atoms with Crippen LogP contribution in [0.4, 0.5) is 0 Å². The Bertz CT molecular complexity index is 601. The van der Waals surface area contributed by atoms with E-state index in [1.165, 1.54) is 70.1 Å². The van der Waals surface area contributed by atoms with Gasteiger partial charge >= 0.3 is 0 Å². The van der Waals surface area contributed by atoms with E-state index in [0.717, 1.165) is 23.8 Å². The minimum atomic E-state index is 0.203. The molecule has 1 aromatic carbocycles. The number of amides is 1. The molecule has 0 radical (unpaired) electrons. The van der Waals surface area contributed by atoms with Gasteiger partial charge in [0.2, 0.25) is 5.91 Å². The van der Waals surface area contributed by atoms with E-state index in [1.54, 1.807) is 0 Å². The van der Waals surface area contributed by atoms with Crippen molar-refractivity contribution in [3.05, 3.63) is 34.9 Å². The summed E-state index contributed by atoms with van der Waals surface area (Å²) in [6.07, 6.45) is 11.7. The van der Waals surface area contributed by atoms with Crippen LogP contribution in [-0.4, -0.2) is 36.5 Å². The quantitative estimate of drug-likeness (QED) is 0.623. The summed E-state index contributed by atoms with van der Waals surface area (Å²) in [6, 6.07) is 8.19. The zero-order valence-corrected chi connectivity index (χ0v) is 18.2. The Morgan fingerprint density at radius 1 is 1.14 bits per heavy atom. The third-order valence-electron chi connectivity index (χ3n) is 6.60. The maximum atomic E-state index is 12.6. The summed E-state index contributed by atoms with van der Waals surface area (Å²) in [5.74, 6) is 1.71. The molecule has 1 saturated carbocycles. The summed E-state index contributed by atoms with van der Waals surface area (Å²) in [6.45, 7) is 5.98. The van der Waals surface area contributed by atoms with Crippen molar-refractivity contribution in [2.75, 3.05) is 19.6 Å². The molecule has 1 aromatic rings. The smallest absolute Gasteiger partial charge is 0.220 e. The molecule has 28 heavy (non-hydrogen) atoms. The molecule has 3 nitrogen and oxygen atoms in total.